The first-order valence-electron chi connectivity index (χ1n) is 16.1. The largest absolute Gasteiger partial charge is 0.398 e. The Morgan fingerprint density at radius 2 is 1.68 bits per heavy atom. The summed E-state index contributed by atoms with van der Waals surface area (Å²) >= 11 is 25.2. The monoisotopic (exact) mass is 770 g/mol. The number of nitrogens with zero attached hydrogens (tertiary/aromatic N) is 6. The van der Waals surface area contributed by atoms with Crippen LogP contribution in [0.5, 0.6) is 0 Å². The van der Waals surface area contributed by atoms with Crippen LogP contribution in [0.4, 0.5) is 4.79 Å². The van der Waals surface area contributed by atoms with Gasteiger partial charge in [-0.05, 0) is 68.1 Å². The van der Waals surface area contributed by atoms with Crippen molar-refractivity contribution >= 4 is 75.8 Å². The highest BCUT2D eigenvalue weighted by atomic mass is 35.5. The van der Waals surface area contributed by atoms with E-state index in [9.17, 15) is 14.4 Å². The third-order valence-corrected chi connectivity index (χ3v) is 9.80. The first kappa shape index (κ1) is 39.3. The molecule has 2 fully saturated rings. The number of carbonyl (C=O) groups excluding carboxylic acids is 3. The van der Waals surface area contributed by atoms with Gasteiger partial charge in [-0.2, -0.15) is 0 Å². The van der Waals surface area contributed by atoms with Gasteiger partial charge in [0, 0.05) is 60.8 Å². The van der Waals surface area contributed by atoms with Crippen molar-refractivity contribution in [2.45, 2.75) is 37.6 Å². The van der Waals surface area contributed by atoms with Crippen LogP contribution in [0.2, 0.25) is 20.1 Å². The van der Waals surface area contributed by atoms with Crippen LogP contribution < -0.4 is 11.5 Å². The van der Waals surface area contributed by atoms with Crippen LogP contribution in [0.25, 0.3) is 0 Å². The fourth-order valence-electron chi connectivity index (χ4n) is 6.24. The Labute approximate surface area is 311 Å². The molecule has 4 rings (SSSR count). The molecule has 17 heteroatoms. The van der Waals surface area contributed by atoms with Crippen molar-refractivity contribution in [3.8, 4) is 0 Å². The van der Waals surface area contributed by atoms with Crippen molar-refractivity contribution in [2.75, 3.05) is 66.6 Å². The predicted molar refractivity (Wildman–Crippen MR) is 196 cm³/mol. The first-order valence-corrected chi connectivity index (χ1v) is 17.6. The van der Waals surface area contributed by atoms with Gasteiger partial charge in [0.1, 0.15) is 13.7 Å². The zero-order chi connectivity index (χ0) is 36.4. The number of amides is 4. The highest BCUT2D eigenvalue weighted by Crippen LogP contribution is 2.31. The Balaban J connectivity index is 1.53. The topological polar surface area (TPSA) is 159 Å². The van der Waals surface area contributed by atoms with Gasteiger partial charge in [0.15, 0.2) is 12.4 Å². The maximum absolute atomic E-state index is 13.5. The minimum Gasteiger partial charge on any atom is -0.398 e. The van der Waals surface area contributed by atoms with E-state index >= 15 is 0 Å². The number of piperidine rings is 1. The summed E-state index contributed by atoms with van der Waals surface area (Å²) in [6.07, 6.45) is 2.95. The summed E-state index contributed by atoms with van der Waals surface area (Å²) in [6.45, 7) is 3.25. The van der Waals surface area contributed by atoms with Crippen molar-refractivity contribution in [1.82, 2.24) is 19.6 Å². The molecule has 272 valence electrons. The molecule has 2 aliphatic rings. The summed E-state index contributed by atoms with van der Waals surface area (Å²) in [5.74, 6) is -1.12. The molecule has 0 aromatic heterocycles. The van der Waals surface area contributed by atoms with Crippen LogP contribution in [0.3, 0.4) is 0 Å². The number of hydrogen-bond acceptors (Lipinski definition) is 8. The van der Waals surface area contributed by atoms with E-state index in [4.69, 9.17) is 67.5 Å². The molecular weight excluding hydrogens is 730 g/mol. The lowest BCUT2D eigenvalue weighted by Crippen LogP contribution is -2.57. The second-order valence-electron chi connectivity index (χ2n) is 12.2. The number of amidine groups is 1. The summed E-state index contributed by atoms with van der Waals surface area (Å²) in [6, 6.07) is 9.98. The maximum atomic E-state index is 13.5. The van der Waals surface area contributed by atoms with E-state index in [2.05, 4.69) is 15.2 Å². The molecule has 0 bridgehead atoms. The fraction of sp³-hybridized carbons (Fsp3) is 0.485. The molecule has 2 aromatic rings. The average Bonchev–Trinajstić information content (AvgIpc) is 3.06. The Bertz CT molecular complexity index is 1570. The summed E-state index contributed by atoms with van der Waals surface area (Å²) < 4.78 is 0. The number of urea groups is 1. The van der Waals surface area contributed by atoms with E-state index in [1.54, 1.807) is 37.4 Å². The van der Waals surface area contributed by atoms with Gasteiger partial charge in [-0.15, -0.1) is 0 Å². The Hall–Kier alpha value is -3.49. The molecule has 4 amide bonds. The van der Waals surface area contributed by atoms with Crippen molar-refractivity contribution in [3.63, 3.8) is 0 Å². The molecule has 0 spiro atoms. The van der Waals surface area contributed by atoms with Crippen molar-refractivity contribution in [2.24, 2.45) is 21.8 Å². The summed E-state index contributed by atoms with van der Waals surface area (Å²) in [4.78, 5) is 55.7. The van der Waals surface area contributed by atoms with E-state index in [-0.39, 0.29) is 49.4 Å². The van der Waals surface area contributed by atoms with Crippen molar-refractivity contribution in [1.29, 1.82) is 0 Å². The average molecular weight is 773 g/mol. The number of nitrogens with two attached hydrogens (primary N) is 2. The maximum Gasteiger partial charge on any atom is 0.320 e. The first-order chi connectivity index (χ1) is 23.9. The summed E-state index contributed by atoms with van der Waals surface area (Å²) in [5.41, 5.74) is 12.9. The molecule has 0 aliphatic carbocycles. The van der Waals surface area contributed by atoms with Crippen LogP contribution in [0, 0.1) is 0 Å². The second-order valence-corrected chi connectivity index (χ2v) is 13.9. The molecule has 0 saturated carbocycles. The SMILES string of the molecule is CO/N=C(\N)CO/N=C(\CN(C)C(=O)c1cc(Cl)cc(Cl)c1)C(CCN1CCC(N2CCCN(CC(N)=O)C2=O)CC1)c1ccc(Cl)c(Cl)c1. The van der Waals surface area contributed by atoms with Gasteiger partial charge in [-0.3, -0.25) is 9.59 Å². The molecule has 2 saturated heterocycles. The molecular formula is C33H42Cl4N8O5. The van der Waals surface area contributed by atoms with Gasteiger partial charge < -0.3 is 40.7 Å². The van der Waals surface area contributed by atoms with E-state index in [1.807, 2.05) is 11.0 Å². The van der Waals surface area contributed by atoms with Crippen molar-refractivity contribution in [3.05, 3.63) is 67.6 Å². The van der Waals surface area contributed by atoms with Crippen molar-refractivity contribution < 1.29 is 24.1 Å². The molecule has 13 nitrogen and oxygen atoms in total. The van der Waals surface area contributed by atoms with Crippen LogP contribution in [-0.4, -0.2) is 122 Å². The Morgan fingerprint density at radius 3 is 2.32 bits per heavy atom. The highest BCUT2D eigenvalue weighted by Gasteiger charge is 2.34. The molecule has 2 heterocycles. The Kier molecular flexibility index (Phi) is 14.7. The van der Waals surface area contributed by atoms with Crippen LogP contribution in [0.15, 0.2) is 46.7 Å². The van der Waals surface area contributed by atoms with Gasteiger partial charge >= 0.3 is 6.03 Å². The molecule has 1 unspecified atom stereocenters. The molecule has 50 heavy (non-hydrogen) atoms. The lowest BCUT2D eigenvalue weighted by atomic mass is 9.89. The van der Waals surface area contributed by atoms with Gasteiger partial charge in [-0.25, -0.2) is 4.79 Å². The molecule has 4 N–H and O–H groups in total. The van der Waals surface area contributed by atoms with Crippen LogP contribution in [-0.2, 0) is 14.5 Å². The quantitative estimate of drug-likeness (QED) is 0.148. The minimum atomic E-state index is -0.518. The standard InChI is InChI=1S/C33H42Cl4N8O5/c1-42(32(47)22-14-23(34)17-24(35)15-22)18-29(40-50-20-30(38)41-49-2)26(21-4-5-27(36)28(37)16-21)8-13-43-11-6-25(7-12-43)45-10-3-9-44(33(45)48)19-31(39)46/h4-5,14-17,25-26H,3,6-13,18-20H2,1-2H3,(H2,38,41)(H2,39,46)/b40-29+. The van der Waals surface area contributed by atoms with Gasteiger partial charge in [0.05, 0.1) is 22.3 Å². The highest BCUT2D eigenvalue weighted by molar-refractivity contribution is 6.42. The molecule has 2 aromatic carbocycles. The lowest BCUT2D eigenvalue weighted by Gasteiger charge is -2.43. The number of primary amides is 1. The summed E-state index contributed by atoms with van der Waals surface area (Å²) in [5, 5.41) is 9.61. The van der Waals surface area contributed by atoms with Gasteiger partial charge in [0.2, 0.25) is 5.91 Å². The second kappa shape index (κ2) is 18.7. The number of rotatable bonds is 15. The van der Waals surface area contributed by atoms with E-state index in [0.717, 1.165) is 37.9 Å². The zero-order valence-electron chi connectivity index (χ0n) is 28.0. The number of likely N-dealkylation sites (tertiary alicyclic amines) is 1. The number of oxime groups is 2. The zero-order valence-corrected chi connectivity index (χ0v) is 31.0. The summed E-state index contributed by atoms with van der Waals surface area (Å²) in [7, 11) is 3.02. The number of carbonyl (C=O) groups is 3. The fourth-order valence-corrected chi connectivity index (χ4v) is 7.07. The molecule has 2 aliphatic heterocycles. The number of hydrogen-bond donors (Lipinski definition) is 2. The third kappa shape index (κ3) is 11.0. The molecule has 1 atom stereocenters. The van der Waals surface area contributed by atoms with Crippen LogP contribution in [0.1, 0.15) is 47.5 Å². The number of halogens is 4. The molecule has 0 radical (unpaired) electrons. The van der Waals surface area contributed by atoms with E-state index in [1.165, 1.54) is 16.9 Å². The van der Waals surface area contributed by atoms with E-state index in [0.29, 0.717) is 57.4 Å². The van der Waals surface area contributed by atoms with E-state index < -0.39 is 5.91 Å². The predicted octanol–water partition coefficient (Wildman–Crippen LogP) is 4.91. The lowest BCUT2D eigenvalue weighted by molar-refractivity contribution is -0.119. The minimum absolute atomic E-state index is 0.0721. The van der Waals surface area contributed by atoms with Gasteiger partial charge in [-0.1, -0.05) is 62.8 Å². The van der Waals surface area contributed by atoms with Gasteiger partial charge in [0.25, 0.3) is 5.91 Å². The normalized spacial score (nSPS) is 17.1. The van der Waals surface area contributed by atoms with Crippen LogP contribution >= 0.6 is 46.4 Å². The smallest absolute Gasteiger partial charge is 0.320 e. The Morgan fingerprint density at radius 1 is 0.980 bits per heavy atom. The number of benzene rings is 2. The third-order valence-electron chi connectivity index (χ3n) is 8.63.